The van der Waals surface area contributed by atoms with Gasteiger partial charge in [0.15, 0.2) is 0 Å². The maximum atomic E-state index is 13.5. The van der Waals surface area contributed by atoms with E-state index >= 15 is 0 Å². The van der Waals surface area contributed by atoms with Gasteiger partial charge in [0.1, 0.15) is 17.7 Å². The number of carbonyl (C=O) groups excluding carboxylic acids is 1. The van der Waals surface area contributed by atoms with Crippen LogP contribution in [0, 0.1) is 5.82 Å². The first-order chi connectivity index (χ1) is 11.5. The van der Waals surface area contributed by atoms with Gasteiger partial charge >= 0.3 is 0 Å². The maximum Gasteiger partial charge on any atom is 0.232 e. The summed E-state index contributed by atoms with van der Waals surface area (Å²) in [6.07, 6.45) is 4.10. The van der Waals surface area contributed by atoms with Crippen LogP contribution in [0.15, 0.2) is 48.8 Å². The molecule has 0 aliphatic carbocycles. The largest absolute Gasteiger partial charge is 0.487 e. The van der Waals surface area contributed by atoms with Crippen LogP contribution in [0.5, 0.6) is 5.75 Å². The highest BCUT2D eigenvalue weighted by molar-refractivity contribution is 5.87. The second-order valence-corrected chi connectivity index (χ2v) is 6.60. The molecule has 4 nitrogen and oxygen atoms in total. The van der Waals surface area contributed by atoms with E-state index in [0.717, 1.165) is 6.42 Å². The molecule has 1 aromatic carbocycles. The van der Waals surface area contributed by atoms with Crippen LogP contribution >= 0.6 is 0 Å². The number of carbonyl (C=O) groups is 1. The van der Waals surface area contributed by atoms with E-state index < -0.39 is 5.41 Å². The molecule has 1 aliphatic heterocycles. The number of hydrogen-bond donors (Lipinski definition) is 0. The van der Waals surface area contributed by atoms with Crippen LogP contribution in [0.2, 0.25) is 0 Å². The van der Waals surface area contributed by atoms with Gasteiger partial charge in [-0.25, -0.2) is 4.39 Å². The molecule has 0 spiro atoms. The van der Waals surface area contributed by atoms with E-state index in [4.69, 9.17) is 4.74 Å². The second-order valence-electron chi connectivity index (χ2n) is 6.60. The fourth-order valence-corrected chi connectivity index (χ4v) is 3.01. The van der Waals surface area contributed by atoms with E-state index in [1.807, 2.05) is 26.0 Å². The van der Waals surface area contributed by atoms with E-state index in [1.165, 1.54) is 12.1 Å². The summed E-state index contributed by atoms with van der Waals surface area (Å²) in [5, 5.41) is 0. The molecule has 1 aliphatic rings. The lowest BCUT2D eigenvalue weighted by Gasteiger charge is -2.29. The van der Waals surface area contributed by atoms with Crippen LogP contribution in [0.25, 0.3) is 0 Å². The SMILES string of the molecule is CC(C)(C(=O)N1CCC(Oc2cccnc2)C1)c1cccc(F)c1. The normalized spacial score (nSPS) is 17.8. The Morgan fingerprint density at radius 2 is 2.17 bits per heavy atom. The molecule has 1 aromatic heterocycles. The van der Waals surface area contributed by atoms with E-state index in [1.54, 1.807) is 29.4 Å². The Labute approximate surface area is 141 Å². The first-order valence-corrected chi connectivity index (χ1v) is 8.09. The monoisotopic (exact) mass is 328 g/mol. The Morgan fingerprint density at radius 1 is 1.33 bits per heavy atom. The van der Waals surface area contributed by atoms with Gasteiger partial charge in [0, 0.05) is 19.2 Å². The van der Waals surface area contributed by atoms with Crippen molar-refractivity contribution in [3.05, 3.63) is 60.2 Å². The number of halogens is 1. The number of likely N-dealkylation sites (tertiary alicyclic amines) is 1. The average Bonchev–Trinajstić information content (AvgIpc) is 3.03. The quantitative estimate of drug-likeness (QED) is 0.866. The third-order valence-corrected chi connectivity index (χ3v) is 4.45. The number of aromatic nitrogens is 1. The zero-order valence-electron chi connectivity index (χ0n) is 13.9. The highest BCUT2D eigenvalue weighted by atomic mass is 19.1. The van der Waals surface area contributed by atoms with Crippen LogP contribution in [-0.4, -0.2) is 35.0 Å². The van der Waals surface area contributed by atoms with Crippen LogP contribution in [0.1, 0.15) is 25.8 Å². The van der Waals surface area contributed by atoms with E-state index in [9.17, 15) is 9.18 Å². The van der Waals surface area contributed by atoms with Gasteiger partial charge in [0.05, 0.1) is 18.2 Å². The van der Waals surface area contributed by atoms with Crippen LogP contribution in [0.3, 0.4) is 0 Å². The predicted octanol–water partition coefficient (Wildman–Crippen LogP) is 3.18. The Bertz CT molecular complexity index is 718. The van der Waals surface area contributed by atoms with E-state index in [2.05, 4.69) is 4.98 Å². The second kappa shape index (κ2) is 6.59. The number of benzene rings is 1. The number of pyridine rings is 1. The van der Waals surface area contributed by atoms with Crippen LogP contribution in [0.4, 0.5) is 4.39 Å². The van der Waals surface area contributed by atoms with Gasteiger partial charge in [-0.05, 0) is 43.7 Å². The van der Waals surface area contributed by atoms with Gasteiger partial charge in [-0.3, -0.25) is 9.78 Å². The molecule has 1 atom stereocenters. The molecule has 1 fully saturated rings. The number of ether oxygens (including phenoxy) is 1. The minimum atomic E-state index is -0.773. The average molecular weight is 328 g/mol. The molecule has 1 unspecified atom stereocenters. The van der Waals surface area contributed by atoms with Crippen molar-refractivity contribution >= 4 is 5.91 Å². The summed E-state index contributed by atoms with van der Waals surface area (Å²) in [6.45, 7) is 4.84. The molecule has 126 valence electrons. The Balaban J connectivity index is 1.67. The summed E-state index contributed by atoms with van der Waals surface area (Å²) >= 11 is 0. The summed E-state index contributed by atoms with van der Waals surface area (Å²) in [4.78, 5) is 18.7. The fraction of sp³-hybridized carbons (Fsp3) is 0.368. The van der Waals surface area contributed by atoms with Crippen LogP contribution < -0.4 is 4.74 Å². The summed E-state index contributed by atoms with van der Waals surface area (Å²) in [5.41, 5.74) is -0.0881. The number of amides is 1. The van der Waals surface area contributed by atoms with E-state index in [0.29, 0.717) is 24.4 Å². The zero-order chi connectivity index (χ0) is 17.2. The maximum absolute atomic E-state index is 13.5. The topological polar surface area (TPSA) is 42.4 Å². The standard InChI is InChI=1S/C19H21FN2O2/c1-19(2,14-5-3-6-15(20)11-14)18(23)22-10-8-17(13-22)24-16-7-4-9-21-12-16/h3-7,9,11-12,17H,8,10,13H2,1-2H3. The van der Waals surface area contributed by atoms with Crippen molar-refractivity contribution in [3.63, 3.8) is 0 Å². The minimum Gasteiger partial charge on any atom is -0.487 e. The van der Waals surface area contributed by atoms with Crippen molar-refractivity contribution in [2.45, 2.75) is 31.8 Å². The van der Waals surface area contributed by atoms with Crippen molar-refractivity contribution in [1.29, 1.82) is 0 Å². The molecule has 0 radical (unpaired) electrons. The van der Waals surface area contributed by atoms with Crippen molar-refractivity contribution in [2.24, 2.45) is 0 Å². The number of hydrogen-bond acceptors (Lipinski definition) is 3. The van der Waals surface area contributed by atoms with Gasteiger partial charge in [0.2, 0.25) is 5.91 Å². The highest BCUT2D eigenvalue weighted by Crippen LogP contribution is 2.28. The first-order valence-electron chi connectivity index (χ1n) is 8.09. The third-order valence-electron chi connectivity index (χ3n) is 4.45. The molecule has 1 amide bonds. The Hall–Kier alpha value is -2.43. The molecule has 3 rings (SSSR count). The molecule has 0 bridgehead atoms. The lowest BCUT2D eigenvalue weighted by atomic mass is 9.83. The summed E-state index contributed by atoms with van der Waals surface area (Å²) in [6, 6.07) is 9.92. The van der Waals surface area contributed by atoms with Crippen molar-refractivity contribution in [2.75, 3.05) is 13.1 Å². The highest BCUT2D eigenvalue weighted by Gasteiger charge is 2.37. The fourth-order valence-electron chi connectivity index (χ4n) is 3.01. The van der Waals surface area contributed by atoms with Crippen LogP contribution in [-0.2, 0) is 10.2 Å². The third kappa shape index (κ3) is 3.40. The molecular formula is C19H21FN2O2. The van der Waals surface area contributed by atoms with Gasteiger partial charge in [0.25, 0.3) is 0 Å². The van der Waals surface area contributed by atoms with Gasteiger partial charge in [-0.2, -0.15) is 0 Å². The smallest absolute Gasteiger partial charge is 0.232 e. The molecule has 5 heteroatoms. The number of rotatable bonds is 4. The minimum absolute atomic E-state index is 0.00890. The summed E-state index contributed by atoms with van der Waals surface area (Å²) < 4.78 is 19.4. The Morgan fingerprint density at radius 3 is 2.88 bits per heavy atom. The lowest BCUT2D eigenvalue weighted by Crippen LogP contribution is -2.43. The summed E-state index contributed by atoms with van der Waals surface area (Å²) in [5.74, 6) is 0.374. The van der Waals surface area contributed by atoms with Gasteiger partial charge in [-0.15, -0.1) is 0 Å². The molecule has 2 heterocycles. The molecule has 2 aromatic rings. The van der Waals surface area contributed by atoms with Crippen molar-refractivity contribution in [3.8, 4) is 5.75 Å². The van der Waals surface area contributed by atoms with Crippen molar-refractivity contribution in [1.82, 2.24) is 9.88 Å². The molecule has 0 N–H and O–H groups in total. The summed E-state index contributed by atoms with van der Waals surface area (Å²) in [7, 11) is 0. The lowest BCUT2D eigenvalue weighted by molar-refractivity contribution is -0.135. The molecular weight excluding hydrogens is 307 g/mol. The Kier molecular flexibility index (Phi) is 4.51. The molecule has 1 saturated heterocycles. The van der Waals surface area contributed by atoms with Gasteiger partial charge < -0.3 is 9.64 Å². The molecule has 24 heavy (non-hydrogen) atoms. The van der Waals surface area contributed by atoms with Crippen molar-refractivity contribution < 1.29 is 13.9 Å². The predicted molar refractivity (Wildman–Crippen MR) is 89.3 cm³/mol. The van der Waals surface area contributed by atoms with Gasteiger partial charge in [-0.1, -0.05) is 12.1 Å². The van der Waals surface area contributed by atoms with E-state index in [-0.39, 0.29) is 17.8 Å². The first kappa shape index (κ1) is 16.4. The zero-order valence-corrected chi connectivity index (χ0v) is 13.9. The molecule has 0 saturated carbocycles. The number of nitrogens with zero attached hydrogens (tertiary/aromatic N) is 2.